The van der Waals surface area contributed by atoms with Crippen LogP contribution in [0.15, 0.2) is 0 Å². The molecule has 3 heteroatoms. The Bertz CT molecular complexity index is 167. The van der Waals surface area contributed by atoms with Gasteiger partial charge in [0.05, 0.1) is 14.2 Å². The van der Waals surface area contributed by atoms with E-state index >= 15 is 0 Å². The van der Waals surface area contributed by atoms with Crippen molar-refractivity contribution in [1.82, 2.24) is 0 Å². The van der Waals surface area contributed by atoms with Crippen molar-refractivity contribution in [1.29, 1.82) is 0 Å². The van der Waals surface area contributed by atoms with E-state index in [2.05, 4.69) is 33.5 Å². The van der Waals surface area contributed by atoms with E-state index in [1.54, 1.807) is 0 Å². The Morgan fingerprint density at radius 1 is 0.909 bits per heavy atom. The fourth-order valence-electron chi connectivity index (χ4n) is 0.356. The molecule has 0 aliphatic carbocycles. The highest BCUT2D eigenvalue weighted by Crippen LogP contribution is 1.70. The highest BCUT2D eigenvalue weighted by atomic mass is 16.5. The maximum absolute atomic E-state index is 4.93. The van der Waals surface area contributed by atoms with Crippen LogP contribution in [-0.4, -0.2) is 27.4 Å². The van der Waals surface area contributed by atoms with Gasteiger partial charge in [-0.2, -0.15) is 0 Å². The lowest BCUT2D eigenvalue weighted by molar-refractivity contribution is 0.202. The van der Waals surface area contributed by atoms with Crippen molar-refractivity contribution in [2.24, 2.45) is 0 Å². The molecule has 0 amide bonds. The zero-order valence-electron chi connectivity index (χ0n) is 6.64. The molecule has 11 heavy (non-hydrogen) atoms. The smallest absolute Gasteiger partial charge is 0.112 e. The minimum atomic E-state index is 0.326. The van der Waals surface area contributed by atoms with Gasteiger partial charge in [-0.1, -0.05) is 0 Å². The van der Waals surface area contributed by atoms with E-state index in [0.29, 0.717) is 13.2 Å². The first-order chi connectivity index (χ1) is 5.41. The molecule has 0 unspecified atom stereocenters. The molecule has 0 aromatic heterocycles. The Hall–Kier alpha value is -1.32. The van der Waals surface area contributed by atoms with Crippen LogP contribution >= 0.6 is 0 Å². The standard InChI is InChI=1S/C8H10O3/c1-9-5-3-7-11-8-4-6-10-2/h7-8H2,1-2H3. The van der Waals surface area contributed by atoms with Crippen LogP contribution in [0.2, 0.25) is 0 Å². The summed E-state index contributed by atoms with van der Waals surface area (Å²) in [6.07, 6.45) is 4.77. The van der Waals surface area contributed by atoms with Crippen LogP contribution in [-0.2, 0) is 14.2 Å². The number of rotatable bonds is 2. The molecule has 0 saturated heterocycles. The lowest BCUT2D eigenvalue weighted by atomic mass is 10.7. The van der Waals surface area contributed by atoms with Crippen molar-refractivity contribution in [3.8, 4) is 24.1 Å². The Labute approximate surface area is 66.6 Å². The van der Waals surface area contributed by atoms with Crippen LogP contribution in [0.3, 0.4) is 0 Å². The van der Waals surface area contributed by atoms with Crippen LogP contribution < -0.4 is 0 Å². The summed E-state index contributed by atoms with van der Waals surface area (Å²) in [5.41, 5.74) is 0. The molecule has 0 aromatic rings. The molecule has 0 bridgehead atoms. The predicted octanol–water partition coefficient (Wildman–Crippen LogP) is 0.218. The van der Waals surface area contributed by atoms with Gasteiger partial charge in [0.1, 0.15) is 25.4 Å². The Morgan fingerprint density at radius 2 is 1.36 bits per heavy atom. The monoisotopic (exact) mass is 154 g/mol. The van der Waals surface area contributed by atoms with E-state index in [1.165, 1.54) is 14.2 Å². The third-order valence-electron chi connectivity index (χ3n) is 0.697. The first-order valence-electron chi connectivity index (χ1n) is 3.01. The summed E-state index contributed by atoms with van der Waals surface area (Å²) < 4.78 is 13.9. The second-order valence-electron chi connectivity index (χ2n) is 1.46. The van der Waals surface area contributed by atoms with Gasteiger partial charge in [-0.15, -0.1) is 0 Å². The molecule has 0 radical (unpaired) electrons. The third kappa shape index (κ3) is 8.68. The quantitative estimate of drug-likeness (QED) is 0.420. The maximum atomic E-state index is 4.93. The fraction of sp³-hybridized carbons (Fsp3) is 0.500. The molecular weight excluding hydrogens is 144 g/mol. The summed E-state index contributed by atoms with van der Waals surface area (Å²) in [5.74, 6) is 5.22. The second-order valence-corrected chi connectivity index (χ2v) is 1.46. The summed E-state index contributed by atoms with van der Waals surface area (Å²) in [4.78, 5) is 0. The summed E-state index contributed by atoms with van der Waals surface area (Å²) in [5, 5.41) is 0. The molecule has 0 saturated carbocycles. The fourth-order valence-corrected chi connectivity index (χ4v) is 0.356. The third-order valence-corrected chi connectivity index (χ3v) is 0.697. The minimum Gasteiger partial charge on any atom is -0.450 e. The average Bonchev–Trinajstić information content (AvgIpc) is 2.03. The molecule has 0 heterocycles. The van der Waals surface area contributed by atoms with Crippen LogP contribution in [0, 0.1) is 24.1 Å². The van der Waals surface area contributed by atoms with Crippen LogP contribution in [0.25, 0.3) is 0 Å². The molecule has 0 aliphatic rings. The van der Waals surface area contributed by atoms with Gasteiger partial charge in [0.25, 0.3) is 0 Å². The molecule has 0 spiro atoms. The number of hydrogen-bond acceptors (Lipinski definition) is 3. The summed E-state index contributed by atoms with van der Waals surface area (Å²) >= 11 is 0. The van der Waals surface area contributed by atoms with Gasteiger partial charge < -0.3 is 14.2 Å². The average molecular weight is 154 g/mol. The SMILES string of the molecule is COC#CCOCC#COC. The maximum Gasteiger partial charge on any atom is 0.112 e. The van der Waals surface area contributed by atoms with E-state index in [-0.39, 0.29) is 0 Å². The first-order valence-corrected chi connectivity index (χ1v) is 3.01. The van der Waals surface area contributed by atoms with Crippen molar-refractivity contribution in [2.45, 2.75) is 0 Å². The lowest BCUT2D eigenvalue weighted by Crippen LogP contribution is -1.91. The van der Waals surface area contributed by atoms with Gasteiger partial charge in [0.2, 0.25) is 0 Å². The lowest BCUT2D eigenvalue weighted by Gasteiger charge is -1.88. The molecule has 0 atom stereocenters. The molecule has 0 rings (SSSR count). The zero-order chi connectivity index (χ0) is 8.36. The van der Waals surface area contributed by atoms with Crippen LogP contribution in [0.4, 0.5) is 0 Å². The molecule has 0 N–H and O–H groups in total. The van der Waals surface area contributed by atoms with Gasteiger partial charge in [0, 0.05) is 0 Å². The topological polar surface area (TPSA) is 27.7 Å². The molecule has 60 valence electrons. The van der Waals surface area contributed by atoms with Gasteiger partial charge >= 0.3 is 0 Å². The van der Waals surface area contributed by atoms with E-state index in [0.717, 1.165) is 0 Å². The Kier molecular flexibility index (Phi) is 7.64. The van der Waals surface area contributed by atoms with E-state index in [1.807, 2.05) is 0 Å². The van der Waals surface area contributed by atoms with Gasteiger partial charge in [-0.3, -0.25) is 0 Å². The summed E-state index contributed by atoms with van der Waals surface area (Å²) in [6.45, 7) is 0.651. The predicted molar refractivity (Wildman–Crippen MR) is 40.4 cm³/mol. The molecular formula is C8H10O3. The zero-order valence-corrected chi connectivity index (χ0v) is 6.64. The van der Waals surface area contributed by atoms with Crippen molar-refractivity contribution < 1.29 is 14.2 Å². The van der Waals surface area contributed by atoms with Gasteiger partial charge in [-0.05, 0) is 11.8 Å². The minimum absolute atomic E-state index is 0.326. The Balaban J connectivity index is 3.14. The summed E-state index contributed by atoms with van der Waals surface area (Å²) in [6, 6.07) is 0. The van der Waals surface area contributed by atoms with Gasteiger partial charge in [0.15, 0.2) is 0 Å². The number of hydrogen-bond donors (Lipinski definition) is 0. The number of ether oxygens (including phenoxy) is 3. The first kappa shape index (κ1) is 9.68. The largest absolute Gasteiger partial charge is 0.450 e. The van der Waals surface area contributed by atoms with Gasteiger partial charge in [-0.25, -0.2) is 0 Å². The van der Waals surface area contributed by atoms with Crippen LogP contribution in [0.5, 0.6) is 0 Å². The van der Waals surface area contributed by atoms with Crippen molar-refractivity contribution in [3.63, 3.8) is 0 Å². The second kappa shape index (κ2) is 8.68. The molecule has 3 nitrogen and oxygen atoms in total. The van der Waals surface area contributed by atoms with Crippen LogP contribution in [0.1, 0.15) is 0 Å². The normalized spacial score (nSPS) is 6.73. The molecule has 0 aliphatic heterocycles. The van der Waals surface area contributed by atoms with Crippen molar-refractivity contribution >= 4 is 0 Å². The highest BCUT2D eigenvalue weighted by Gasteiger charge is 1.76. The van der Waals surface area contributed by atoms with Crippen molar-refractivity contribution in [3.05, 3.63) is 0 Å². The van der Waals surface area contributed by atoms with Crippen molar-refractivity contribution in [2.75, 3.05) is 27.4 Å². The van der Waals surface area contributed by atoms with E-state index < -0.39 is 0 Å². The number of methoxy groups -OCH3 is 2. The highest BCUT2D eigenvalue weighted by molar-refractivity contribution is 4.94. The molecule has 0 fully saturated rings. The summed E-state index contributed by atoms with van der Waals surface area (Å²) in [7, 11) is 3.00. The Morgan fingerprint density at radius 3 is 1.73 bits per heavy atom. The van der Waals surface area contributed by atoms with E-state index in [4.69, 9.17) is 4.74 Å². The molecule has 0 aromatic carbocycles. The van der Waals surface area contributed by atoms with E-state index in [9.17, 15) is 0 Å².